The molecular formula is C29H49N4O8Tb-. The number of carbonyl (C=O) groups is 2. The number of hydrogen-bond donors (Lipinski definition) is 2. The minimum absolute atomic E-state index is 0. The average Bonchev–Trinajstić information content (AvgIpc) is 3.38. The molecule has 12 nitrogen and oxygen atoms in total. The first kappa shape index (κ1) is 40.7. The Morgan fingerprint density at radius 2 is 1.38 bits per heavy atom. The zero-order valence-electron chi connectivity index (χ0n) is 25.7. The van der Waals surface area contributed by atoms with Crippen molar-refractivity contribution in [2.24, 2.45) is 23.2 Å². The van der Waals surface area contributed by atoms with Crippen molar-refractivity contribution in [1.82, 2.24) is 15.5 Å². The quantitative estimate of drug-likeness (QED) is 0.0547. The Morgan fingerprint density at radius 3 is 1.81 bits per heavy atom. The molecule has 1 aliphatic heterocycles. The molecule has 0 aliphatic carbocycles. The van der Waals surface area contributed by atoms with Gasteiger partial charge in [-0.2, -0.15) is 11.7 Å². The van der Waals surface area contributed by atoms with Crippen LogP contribution in [-0.2, 0) is 38.1 Å². The van der Waals surface area contributed by atoms with E-state index in [1.165, 1.54) is 0 Å². The summed E-state index contributed by atoms with van der Waals surface area (Å²) in [5.41, 5.74) is -0.173. The van der Waals surface area contributed by atoms with Gasteiger partial charge in [-0.15, -0.1) is 0 Å². The van der Waals surface area contributed by atoms with Crippen molar-refractivity contribution in [3.8, 4) is 6.07 Å². The molecular weight excluding hydrogens is 691 g/mol. The van der Waals surface area contributed by atoms with E-state index in [0.29, 0.717) is 92.2 Å². The Labute approximate surface area is 282 Å². The van der Waals surface area contributed by atoms with Crippen LogP contribution in [0.4, 0.5) is 0 Å². The van der Waals surface area contributed by atoms with Crippen LogP contribution in [0, 0.1) is 73.1 Å². The van der Waals surface area contributed by atoms with Crippen molar-refractivity contribution in [1.29, 1.82) is 5.26 Å². The summed E-state index contributed by atoms with van der Waals surface area (Å²) >= 11 is 0. The van der Waals surface area contributed by atoms with Crippen molar-refractivity contribution in [2.45, 2.75) is 34.6 Å². The van der Waals surface area contributed by atoms with Crippen LogP contribution in [0.15, 0.2) is 11.6 Å². The van der Waals surface area contributed by atoms with Gasteiger partial charge in [0.25, 0.3) is 5.91 Å². The topological polar surface area (TPSA) is 148 Å². The maximum absolute atomic E-state index is 13.0. The fourth-order valence-corrected chi connectivity index (χ4v) is 4.23. The molecule has 2 atom stereocenters. The summed E-state index contributed by atoms with van der Waals surface area (Å²) in [6.07, 6.45) is 3.26. The second-order valence-electron chi connectivity index (χ2n) is 11.1. The summed E-state index contributed by atoms with van der Waals surface area (Å²) < 4.78 is 27.0. The van der Waals surface area contributed by atoms with E-state index in [4.69, 9.17) is 23.7 Å². The molecule has 2 N–H and O–H groups in total. The Kier molecular flexibility index (Phi) is 23.4. The molecule has 0 unspecified atom stereocenters. The van der Waals surface area contributed by atoms with Crippen molar-refractivity contribution >= 4 is 18.2 Å². The molecule has 13 heteroatoms. The molecule has 42 heavy (non-hydrogen) atoms. The monoisotopic (exact) mass is 740 g/mol. The van der Waals surface area contributed by atoms with Crippen molar-refractivity contribution in [3.05, 3.63) is 11.6 Å². The van der Waals surface area contributed by atoms with Gasteiger partial charge >= 0.3 is 0 Å². The second kappa shape index (κ2) is 24.1. The minimum Gasteiger partial charge on any atom is -0.528 e. The van der Waals surface area contributed by atoms with Crippen LogP contribution in [-0.4, -0.2) is 115 Å². The molecule has 0 spiro atoms. The van der Waals surface area contributed by atoms with Gasteiger partial charge in [-0.05, 0) is 17.3 Å². The molecule has 1 radical (unpaired) electrons. The van der Waals surface area contributed by atoms with Crippen LogP contribution in [0.5, 0.6) is 0 Å². The number of nitriles is 1. The van der Waals surface area contributed by atoms with Crippen molar-refractivity contribution in [3.63, 3.8) is 0 Å². The number of rotatable bonds is 22. The summed E-state index contributed by atoms with van der Waals surface area (Å²) in [5.74, 6) is -0.504. The number of carbonyl (C=O) groups excluding carboxylic acids is 3. The van der Waals surface area contributed by atoms with E-state index in [-0.39, 0.29) is 79.2 Å². The summed E-state index contributed by atoms with van der Waals surface area (Å²) in [6, 6.07) is 2.03. The molecule has 1 saturated heterocycles. The maximum Gasteiger partial charge on any atom is 0.264 e. The summed E-state index contributed by atoms with van der Waals surface area (Å²) in [4.78, 5) is 37.5. The van der Waals surface area contributed by atoms with Crippen LogP contribution >= 0.6 is 0 Å². The fourth-order valence-electron chi connectivity index (χ4n) is 4.23. The van der Waals surface area contributed by atoms with E-state index in [2.05, 4.69) is 10.6 Å². The third kappa shape index (κ3) is 18.4. The average molecular weight is 741 g/mol. The fraction of sp³-hybridized carbons (Fsp3) is 0.793. The molecule has 243 valence electrons. The number of hydrogen-bond acceptors (Lipinski definition) is 9. The van der Waals surface area contributed by atoms with E-state index in [1.54, 1.807) is 17.4 Å². The van der Waals surface area contributed by atoms with Gasteiger partial charge in [-0.1, -0.05) is 40.7 Å². The van der Waals surface area contributed by atoms with Gasteiger partial charge in [0.15, 0.2) is 0 Å². The largest absolute Gasteiger partial charge is 0.528 e. The molecule has 1 rings (SSSR count). The number of nitrogens with one attached hydrogen (secondary N) is 2. The molecule has 0 bridgehead atoms. The molecule has 1 fully saturated rings. The van der Waals surface area contributed by atoms with Crippen LogP contribution in [0.2, 0.25) is 0 Å². The molecule has 0 saturated carbocycles. The van der Waals surface area contributed by atoms with E-state index in [0.717, 1.165) is 0 Å². The maximum atomic E-state index is 13.0. The number of allylic oxidation sites excluding steroid dienone is 1. The Hall–Kier alpha value is -1.27. The molecule has 0 aromatic carbocycles. The standard InChI is InChI=1S/C29H49N4O8.Tb/c1-23(2)25-20-33(28(36)24(19-30)18-29(3,4)5)21-26(25)27(35)32-7-9-38-11-13-40-15-17-41-16-14-39-12-10-37-8-6-31-22-34;/h18,23,25-26H,6-17,20-21H2,1-5H3,(H,31,34)(H,32,35);/q-1;/b24-18+;/t25-,26+;/m0./s1. The normalized spacial score (nSPS) is 17.1. The molecule has 0 aromatic heterocycles. The molecule has 3 amide bonds. The minimum atomic E-state index is -0.328. The first-order chi connectivity index (χ1) is 19.6. The predicted octanol–water partition coefficient (Wildman–Crippen LogP) is 1.07. The van der Waals surface area contributed by atoms with Gasteiger partial charge in [0.2, 0.25) is 5.91 Å². The SMILES string of the molecule is CC(C)[C@@H]1CN(C(=O)/C(C#N)=C/C(C)(C)C)C[C@H]1C(=O)NCCOCCOCCOCCOCCOCCN[C-]=O.[Tb]. The first-order valence-corrected chi connectivity index (χ1v) is 14.3. The third-order valence-electron chi connectivity index (χ3n) is 6.25. The summed E-state index contributed by atoms with van der Waals surface area (Å²) in [5, 5.41) is 14.8. The number of nitrogens with zero attached hydrogens (tertiary/aromatic N) is 2. The van der Waals surface area contributed by atoms with Crippen LogP contribution in [0.1, 0.15) is 34.6 Å². The summed E-state index contributed by atoms with van der Waals surface area (Å²) in [7, 11) is 0. The second-order valence-corrected chi connectivity index (χ2v) is 11.1. The van der Waals surface area contributed by atoms with Crippen molar-refractivity contribution in [2.75, 3.05) is 92.2 Å². The Morgan fingerprint density at radius 1 is 0.905 bits per heavy atom. The van der Waals surface area contributed by atoms with Crippen LogP contribution in [0.3, 0.4) is 0 Å². The van der Waals surface area contributed by atoms with Gasteiger partial charge in [-0.3, -0.25) is 9.59 Å². The number of ether oxygens (including phenoxy) is 5. The van der Waals surface area contributed by atoms with E-state index in [9.17, 15) is 19.6 Å². The first-order valence-electron chi connectivity index (χ1n) is 14.3. The van der Waals surface area contributed by atoms with Gasteiger partial charge in [0, 0.05) is 64.8 Å². The Bertz CT molecular complexity index is 844. The van der Waals surface area contributed by atoms with Gasteiger partial charge < -0.3 is 44.0 Å². The van der Waals surface area contributed by atoms with E-state index >= 15 is 0 Å². The zero-order valence-corrected chi connectivity index (χ0v) is 27.8. The molecule has 1 aliphatic rings. The molecule has 1 heterocycles. The van der Waals surface area contributed by atoms with Gasteiger partial charge in [0.05, 0.1) is 72.0 Å². The van der Waals surface area contributed by atoms with E-state index < -0.39 is 0 Å². The number of amides is 3. The smallest absolute Gasteiger partial charge is 0.264 e. The molecule has 0 aromatic rings. The third-order valence-corrected chi connectivity index (χ3v) is 6.25. The summed E-state index contributed by atoms with van der Waals surface area (Å²) in [6.45, 7) is 15.8. The van der Waals surface area contributed by atoms with Crippen molar-refractivity contribution < 1.29 is 76.7 Å². The van der Waals surface area contributed by atoms with Gasteiger partial charge in [-0.25, -0.2) is 0 Å². The predicted molar refractivity (Wildman–Crippen MR) is 152 cm³/mol. The van der Waals surface area contributed by atoms with E-state index in [1.807, 2.05) is 40.7 Å². The van der Waals surface area contributed by atoms with Crippen LogP contribution < -0.4 is 10.6 Å². The zero-order chi connectivity index (χ0) is 30.5. The van der Waals surface area contributed by atoms with Gasteiger partial charge in [0.1, 0.15) is 11.6 Å². The Balaban J connectivity index is 0.0000168. The van der Waals surface area contributed by atoms with Crippen LogP contribution in [0.25, 0.3) is 0 Å². The number of likely N-dealkylation sites (tertiary alicyclic amines) is 1.